The molecule has 1 aliphatic heterocycles. The maximum absolute atomic E-state index is 13.0. The summed E-state index contributed by atoms with van der Waals surface area (Å²) in [5.74, 6) is -3.10. The fourth-order valence-electron chi connectivity index (χ4n) is 3.66. The van der Waals surface area contributed by atoms with Crippen LogP contribution in [0.3, 0.4) is 0 Å². The molecule has 1 aliphatic carbocycles. The van der Waals surface area contributed by atoms with Gasteiger partial charge in [0.1, 0.15) is 21.7 Å². The van der Waals surface area contributed by atoms with Crippen molar-refractivity contribution >= 4 is 40.5 Å². The van der Waals surface area contributed by atoms with Crippen LogP contribution in [0.25, 0.3) is 0 Å². The Morgan fingerprint density at radius 3 is 2.30 bits per heavy atom. The number of halogens is 1. The van der Waals surface area contributed by atoms with Crippen molar-refractivity contribution in [3.05, 3.63) is 0 Å². The van der Waals surface area contributed by atoms with E-state index in [4.69, 9.17) is 14.2 Å². The van der Waals surface area contributed by atoms with Crippen LogP contribution in [0.5, 0.6) is 0 Å². The van der Waals surface area contributed by atoms with Crippen LogP contribution >= 0.6 is 22.6 Å². The average molecular weight is 540 g/mol. The van der Waals surface area contributed by atoms with E-state index in [0.29, 0.717) is 6.42 Å². The van der Waals surface area contributed by atoms with E-state index in [0.717, 1.165) is 0 Å². The monoisotopic (exact) mass is 540 g/mol. The standard InChI is InChI=1S/C21H33IO8/c1-7-21(6,22)18(25)29-14-9-12(11-8-13(14)28-16(11)23)17(24)30-15(20(4,5)27)10-19(2,3)26/h11-15,26-27H,7-10H2,1-6H3. The van der Waals surface area contributed by atoms with E-state index in [1.54, 1.807) is 20.8 Å². The lowest BCUT2D eigenvalue weighted by atomic mass is 9.78. The Bertz CT molecular complexity index is 675. The molecule has 0 aromatic carbocycles. The lowest BCUT2D eigenvalue weighted by molar-refractivity contribution is -0.179. The minimum Gasteiger partial charge on any atom is -0.459 e. The lowest BCUT2D eigenvalue weighted by Gasteiger charge is -2.36. The quantitative estimate of drug-likeness (QED) is 0.208. The fraction of sp³-hybridized carbons (Fsp3) is 0.857. The van der Waals surface area contributed by atoms with Crippen LogP contribution in [0.4, 0.5) is 0 Å². The fourth-order valence-corrected chi connectivity index (χ4v) is 3.79. The molecule has 172 valence electrons. The molecule has 2 aliphatic rings. The Hall–Kier alpha value is -0.940. The van der Waals surface area contributed by atoms with Gasteiger partial charge >= 0.3 is 17.9 Å². The summed E-state index contributed by atoms with van der Waals surface area (Å²) in [6.45, 7) is 9.74. The Balaban J connectivity index is 2.17. The smallest absolute Gasteiger partial charge is 0.322 e. The third-order valence-electron chi connectivity index (χ3n) is 5.83. The molecule has 30 heavy (non-hydrogen) atoms. The summed E-state index contributed by atoms with van der Waals surface area (Å²) in [6, 6.07) is 0. The molecule has 0 amide bonds. The van der Waals surface area contributed by atoms with Gasteiger partial charge in [-0.1, -0.05) is 29.5 Å². The molecule has 6 atom stereocenters. The molecule has 2 rings (SSSR count). The summed E-state index contributed by atoms with van der Waals surface area (Å²) >= 11 is 2.03. The average Bonchev–Trinajstić information content (AvgIpc) is 2.91. The topological polar surface area (TPSA) is 119 Å². The zero-order valence-electron chi connectivity index (χ0n) is 18.4. The van der Waals surface area contributed by atoms with Gasteiger partial charge in [-0.3, -0.25) is 14.4 Å². The molecule has 9 heteroatoms. The second kappa shape index (κ2) is 8.90. The number of carbonyl (C=O) groups excluding carboxylic acids is 3. The first-order valence-corrected chi connectivity index (χ1v) is 11.4. The van der Waals surface area contributed by atoms with Crippen LogP contribution in [-0.2, 0) is 28.6 Å². The van der Waals surface area contributed by atoms with Gasteiger partial charge in [-0.05, 0) is 41.0 Å². The number of hydrogen-bond acceptors (Lipinski definition) is 8. The minimum atomic E-state index is -1.39. The summed E-state index contributed by atoms with van der Waals surface area (Å²) < 4.78 is 15.9. The van der Waals surface area contributed by atoms with Crippen molar-refractivity contribution in [1.29, 1.82) is 0 Å². The van der Waals surface area contributed by atoms with Crippen molar-refractivity contribution in [2.24, 2.45) is 11.8 Å². The summed E-state index contributed by atoms with van der Waals surface area (Å²) in [4.78, 5) is 37.8. The molecule has 8 nitrogen and oxygen atoms in total. The number of aliphatic hydroxyl groups is 2. The first-order chi connectivity index (χ1) is 13.5. The highest BCUT2D eigenvalue weighted by molar-refractivity contribution is 14.1. The Morgan fingerprint density at radius 2 is 1.80 bits per heavy atom. The maximum Gasteiger partial charge on any atom is 0.322 e. The molecular formula is C21H33IO8. The van der Waals surface area contributed by atoms with E-state index in [2.05, 4.69) is 0 Å². The van der Waals surface area contributed by atoms with Crippen molar-refractivity contribution in [3.63, 3.8) is 0 Å². The molecule has 1 saturated heterocycles. The van der Waals surface area contributed by atoms with Gasteiger partial charge in [-0.25, -0.2) is 0 Å². The van der Waals surface area contributed by atoms with E-state index >= 15 is 0 Å². The molecule has 6 unspecified atom stereocenters. The summed E-state index contributed by atoms with van der Waals surface area (Å²) in [5.41, 5.74) is -2.56. The van der Waals surface area contributed by atoms with Crippen molar-refractivity contribution in [3.8, 4) is 0 Å². The van der Waals surface area contributed by atoms with Crippen LogP contribution in [0.15, 0.2) is 0 Å². The normalized spacial score (nSPS) is 29.6. The van der Waals surface area contributed by atoms with Gasteiger partial charge in [0.2, 0.25) is 0 Å². The van der Waals surface area contributed by atoms with Crippen LogP contribution in [0.2, 0.25) is 0 Å². The number of ether oxygens (including phenoxy) is 3. The summed E-state index contributed by atoms with van der Waals surface area (Å²) in [7, 11) is 0. The molecule has 0 aromatic rings. The molecule has 0 aromatic heterocycles. The molecule has 1 saturated carbocycles. The van der Waals surface area contributed by atoms with Gasteiger partial charge in [0.05, 0.1) is 23.0 Å². The Kier molecular flexibility index (Phi) is 7.51. The van der Waals surface area contributed by atoms with Crippen molar-refractivity contribution in [1.82, 2.24) is 0 Å². The predicted molar refractivity (Wildman–Crippen MR) is 116 cm³/mol. The number of hydrogen-bond donors (Lipinski definition) is 2. The largest absolute Gasteiger partial charge is 0.459 e. The van der Waals surface area contributed by atoms with Gasteiger partial charge in [0, 0.05) is 19.3 Å². The van der Waals surface area contributed by atoms with Crippen LogP contribution in [0, 0.1) is 11.8 Å². The molecule has 2 bridgehead atoms. The van der Waals surface area contributed by atoms with Crippen LogP contribution in [0.1, 0.15) is 67.2 Å². The first kappa shape index (κ1) is 25.3. The SMILES string of the molecule is CCC(C)(I)C(=O)OC1CC(C(=O)OC(CC(C)(C)O)C(C)(C)O)C2CC1OC2=O. The third-order valence-corrected chi connectivity index (χ3v) is 7.03. The number of fused-ring (bicyclic) bond motifs is 2. The van der Waals surface area contributed by atoms with Crippen LogP contribution in [-0.4, -0.2) is 61.1 Å². The molecule has 1 heterocycles. The van der Waals surface area contributed by atoms with Gasteiger partial charge in [0.25, 0.3) is 0 Å². The summed E-state index contributed by atoms with van der Waals surface area (Å²) in [5, 5.41) is 20.5. The van der Waals surface area contributed by atoms with E-state index in [1.807, 2.05) is 29.5 Å². The molecular weight excluding hydrogens is 507 g/mol. The zero-order valence-corrected chi connectivity index (χ0v) is 20.6. The van der Waals surface area contributed by atoms with Gasteiger partial charge < -0.3 is 24.4 Å². The maximum atomic E-state index is 13.0. The highest BCUT2D eigenvalue weighted by Crippen LogP contribution is 2.42. The van der Waals surface area contributed by atoms with Crippen molar-refractivity contribution in [2.45, 2.75) is 100 Å². The van der Waals surface area contributed by atoms with E-state index in [-0.39, 0.29) is 19.3 Å². The summed E-state index contributed by atoms with van der Waals surface area (Å²) in [6.07, 6.45) is -1.28. The van der Waals surface area contributed by atoms with Crippen LogP contribution < -0.4 is 0 Å². The van der Waals surface area contributed by atoms with E-state index < -0.39 is 62.7 Å². The van der Waals surface area contributed by atoms with Crippen molar-refractivity contribution < 1.29 is 38.8 Å². The minimum absolute atomic E-state index is 0.0226. The third kappa shape index (κ3) is 6.06. The number of alkyl halides is 1. The molecule has 2 N–H and O–H groups in total. The molecule has 2 fully saturated rings. The predicted octanol–water partition coefficient (Wildman–Crippen LogP) is 2.30. The first-order valence-electron chi connectivity index (χ1n) is 10.3. The highest BCUT2D eigenvalue weighted by atomic mass is 127. The van der Waals surface area contributed by atoms with E-state index in [1.165, 1.54) is 13.8 Å². The number of rotatable bonds is 8. The lowest BCUT2D eigenvalue weighted by Crippen LogP contribution is -2.47. The zero-order chi connectivity index (χ0) is 23.1. The number of carbonyl (C=O) groups is 3. The van der Waals surface area contributed by atoms with Gasteiger partial charge in [-0.2, -0.15) is 0 Å². The Morgan fingerprint density at radius 1 is 1.20 bits per heavy atom. The second-order valence-corrected chi connectivity index (χ2v) is 12.1. The Labute approximate surface area is 191 Å². The molecule has 0 spiro atoms. The number of esters is 3. The van der Waals surface area contributed by atoms with Gasteiger partial charge in [0.15, 0.2) is 0 Å². The van der Waals surface area contributed by atoms with Gasteiger partial charge in [-0.15, -0.1) is 0 Å². The van der Waals surface area contributed by atoms with Crippen molar-refractivity contribution in [2.75, 3.05) is 0 Å². The highest BCUT2D eigenvalue weighted by Gasteiger charge is 2.54. The second-order valence-electron chi connectivity index (χ2n) is 9.75. The molecule has 0 radical (unpaired) electrons. The van der Waals surface area contributed by atoms with E-state index in [9.17, 15) is 24.6 Å².